The van der Waals surface area contributed by atoms with Gasteiger partial charge in [0.1, 0.15) is 0 Å². The predicted octanol–water partition coefficient (Wildman–Crippen LogP) is 5.71. The van der Waals surface area contributed by atoms with Gasteiger partial charge in [-0.2, -0.15) is 0 Å². The first-order valence-electron chi connectivity index (χ1n) is 10.3. The van der Waals surface area contributed by atoms with Crippen LogP contribution in [0.3, 0.4) is 0 Å². The maximum Gasteiger partial charge on any atom is 0.335 e. The zero-order valence-electron chi connectivity index (χ0n) is 16.0. The van der Waals surface area contributed by atoms with Crippen LogP contribution < -0.4 is 0 Å². The van der Waals surface area contributed by atoms with E-state index in [9.17, 15) is 4.79 Å². The number of carbonyl (C=O) groups excluding carboxylic acids is 1. The SMILES string of the molecule is CC(=NOC(=O)CC12CC3CC(CC(C3)C1)C2)c1ccc2ccccc2c1. The molecular weight excluding hydrogens is 334 g/mol. The van der Waals surface area contributed by atoms with Crippen molar-refractivity contribution in [3.8, 4) is 0 Å². The van der Waals surface area contributed by atoms with Gasteiger partial charge in [0.2, 0.25) is 0 Å². The lowest BCUT2D eigenvalue weighted by atomic mass is 9.49. The van der Waals surface area contributed by atoms with Crippen molar-refractivity contribution in [3.63, 3.8) is 0 Å². The molecule has 27 heavy (non-hydrogen) atoms. The molecule has 0 aliphatic heterocycles. The molecule has 4 bridgehead atoms. The van der Waals surface area contributed by atoms with E-state index in [2.05, 4.69) is 29.4 Å². The Hall–Kier alpha value is -2.16. The van der Waals surface area contributed by atoms with Crippen molar-refractivity contribution >= 4 is 22.5 Å². The Kier molecular flexibility index (Phi) is 4.07. The lowest BCUT2D eigenvalue weighted by Crippen LogP contribution is -2.46. The number of benzene rings is 2. The summed E-state index contributed by atoms with van der Waals surface area (Å²) in [6.07, 6.45) is 8.41. The number of fused-ring (bicyclic) bond motifs is 1. The van der Waals surface area contributed by atoms with Gasteiger partial charge in [0.15, 0.2) is 0 Å². The van der Waals surface area contributed by atoms with Gasteiger partial charge in [-0.25, -0.2) is 4.79 Å². The number of oxime groups is 1. The van der Waals surface area contributed by atoms with Crippen molar-refractivity contribution < 1.29 is 9.63 Å². The molecule has 0 amide bonds. The molecule has 6 rings (SSSR count). The van der Waals surface area contributed by atoms with E-state index < -0.39 is 0 Å². The molecule has 0 unspecified atom stereocenters. The van der Waals surface area contributed by atoms with Gasteiger partial charge in [-0.3, -0.25) is 0 Å². The van der Waals surface area contributed by atoms with Gasteiger partial charge < -0.3 is 4.84 Å². The molecule has 4 aliphatic rings. The molecule has 2 aromatic rings. The number of nitrogens with zero attached hydrogens (tertiary/aromatic N) is 1. The van der Waals surface area contributed by atoms with E-state index in [1.54, 1.807) is 0 Å². The Bertz CT molecular complexity index is 878. The highest BCUT2D eigenvalue weighted by Gasteiger charge is 2.51. The maximum atomic E-state index is 12.5. The van der Waals surface area contributed by atoms with E-state index in [-0.39, 0.29) is 11.4 Å². The summed E-state index contributed by atoms with van der Waals surface area (Å²) in [7, 11) is 0. The predicted molar refractivity (Wildman–Crippen MR) is 107 cm³/mol. The molecule has 2 aromatic carbocycles. The molecule has 3 nitrogen and oxygen atoms in total. The summed E-state index contributed by atoms with van der Waals surface area (Å²) >= 11 is 0. The Labute approximate surface area is 160 Å². The van der Waals surface area contributed by atoms with E-state index in [1.807, 2.05) is 25.1 Å². The summed E-state index contributed by atoms with van der Waals surface area (Å²) in [6, 6.07) is 14.5. The average molecular weight is 361 g/mol. The van der Waals surface area contributed by atoms with Crippen LogP contribution in [0.5, 0.6) is 0 Å². The lowest BCUT2D eigenvalue weighted by Gasteiger charge is -2.56. The van der Waals surface area contributed by atoms with Gasteiger partial charge in [-0.15, -0.1) is 0 Å². The summed E-state index contributed by atoms with van der Waals surface area (Å²) in [5, 5.41) is 6.54. The quantitative estimate of drug-likeness (QED) is 0.397. The Balaban J connectivity index is 1.26. The van der Waals surface area contributed by atoms with Crippen molar-refractivity contribution in [3.05, 3.63) is 48.0 Å². The molecule has 4 saturated carbocycles. The summed E-state index contributed by atoms with van der Waals surface area (Å²) in [4.78, 5) is 17.9. The highest BCUT2D eigenvalue weighted by Crippen LogP contribution is 2.61. The van der Waals surface area contributed by atoms with E-state index in [0.717, 1.165) is 29.0 Å². The second kappa shape index (κ2) is 6.47. The molecule has 0 atom stereocenters. The van der Waals surface area contributed by atoms with Crippen LogP contribution in [0, 0.1) is 23.2 Å². The molecule has 0 N–H and O–H groups in total. The number of hydrogen-bond acceptors (Lipinski definition) is 3. The highest BCUT2D eigenvalue weighted by atomic mass is 16.7. The molecule has 0 aromatic heterocycles. The summed E-state index contributed by atoms with van der Waals surface area (Å²) < 4.78 is 0. The second-order valence-electron chi connectivity index (χ2n) is 9.30. The average Bonchev–Trinajstić information content (AvgIpc) is 2.64. The van der Waals surface area contributed by atoms with Gasteiger partial charge in [-0.1, -0.05) is 41.6 Å². The van der Waals surface area contributed by atoms with Crippen LogP contribution in [-0.2, 0) is 9.63 Å². The third-order valence-corrected chi connectivity index (χ3v) is 7.14. The first-order chi connectivity index (χ1) is 13.1. The minimum Gasteiger partial charge on any atom is -0.318 e. The molecule has 4 aliphatic carbocycles. The van der Waals surface area contributed by atoms with Crippen LogP contribution in [0.4, 0.5) is 0 Å². The van der Waals surface area contributed by atoms with E-state index in [0.29, 0.717) is 6.42 Å². The summed E-state index contributed by atoms with van der Waals surface area (Å²) in [5.41, 5.74) is 1.95. The third kappa shape index (κ3) is 3.28. The van der Waals surface area contributed by atoms with Crippen molar-refractivity contribution in [2.24, 2.45) is 28.3 Å². The monoisotopic (exact) mass is 361 g/mol. The Morgan fingerprint density at radius 2 is 1.63 bits per heavy atom. The van der Waals surface area contributed by atoms with Gasteiger partial charge in [-0.05, 0) is 91.0 Å². The molecular formula is C24H27NO2. The zero-order chi connectivity index (χ0) is 18.4. The van der Waals surface area contributed by atoms with Crippen molar-refractivity contribution in [1.82, 2.24) is 0 Å². The fourth-order valence-corrected chi connectivity index (χ4v) is 6.43. The minimum atomic E-state index is -0.155. The maximum absolute atomic E-state index is 12.5. The molecule has 0 radical (unpaired) electrons. The Morgan fingerprint density at radius 1 is 1.00 bits per heavy atom. The van der Waals surface area contributed by atoms with E-state index >= 15 is 0 Å². The van der Waals surface area contributed by atoms with E-state index in [1.165, 1.54) is 49.3 Å². The van der Waals surface area contributed by atoms with Crippen molar-refractivity contribution in [2.75, 3.05) is 0 Å². The van der Waals surface area contributed by atoms with Gasteiger partial charge in [0, 0.05) is 0 Å². The first-order valence-corrected chi connectivity index (χ1v) is 10.3. The van der Waals surface area contributed by atoms with Crippen LogP contribution in [0.25, 0.3) is 10.8 Å². The minimum absolute atomic E-state index is 0.155. The summed E-state index contributed by atoms with van der Waals surface area (Å²) in [6.45, 7) is 1.90. The lowest BCUT2D eigenvalue weighted by molar-refractivity contribution is -0.152. The number of hydrogen-bond donors (Lipinski definition) is 0. The van der Waals surface area contributed by atoms with Gasteiger partial charge in [0.25, 0.3) is 0 Å². The van der Waals surface area contributed by atoms with Gasteiger partial charge in [0.05, 0.1) is 12.1 Å². The Morgan fingerprint density at radius 3 is 2.30 bits per heavy atom. The fourth-order valence-electron chi connectivity index (χ4n) is 6.43. The van der Waals surface area contributed by atoms with Crippen molar-refractivity contribution in [2.45, 2.75) is 51.9 Å². The number of carbonyl (C=O) groups is 1. The van der Waals surface area contributed by atoms with Crippen molar-refractivity contribution in [1.29, 1.82) is 0 Å². The topological polar surface area (TPSA) is 38.7 Å². The molecule has 4 fully saturated rings. The molecule has 0 spiro atoms. The van der Waals surface area contributed by atoms with E-state index in [4.69, 9.17) is 4.84 Å². The highest BCUT2D eigenvalue weighted by molar-refractivity contribution is 6.01. The van der Waals surface area contributed by atoms with Crippen LogP contribution >= 0.6 is 0 Å². The van der Waals surface area contributed by atoms with Crippen LogP contribution in [0.1, 0.15) is 57.4 Å². The van der Waals surface area contributed by atoms with Gasteiger partial charge >= 0.3 is 5.97 Å². The van der Waals surface area contributed by atoms with Crippen LogP contribution in [0.15, 0.2) is 47.6 Å². The zero-order valence-corrected chi connectivity index (χ0v) is 16.0. The smallest absolute Gasteiger partial charge is 0.318 e. The molecule has 0 heterocycles. The molecule has 140 valence electrons. The molecule has 3 heteroatoms. The van der Waals surface area contributed by atoms with Crippen LogP contribution in [0.2, 0.25) is 0 Å². The summed E-state index contributed by atoms with van der Waals surface area (Å²) in [5.74, 6) is 2.41. The third-order valence-electron chi connectivity index (χ3n) is 7.14. The number of rotatable bonds is 4. The standard InChI is InChI=1S/C24H27NO2/c1-16(21-7-6-20-4-2-3-5-22(20)11-21)25-27-23(26)15-24-12-17-8-18(13-24)10-19(9-17)14-24/h2-7,11,17-19H,8-10,12-15H2,1H3. The normalized spacial score (nSPS) is 32.0. The largest absolute Gasteiger partial charge is 0.335 e. The molecule has 0 saturated heterocycles. The second-order valence-corrected chi connectivity index (χ2v) is 9.30. The first kappa shape index (κ1) is 17.0. The fraction of sp³-hybridized carbons (Fsp3) is 0.500. The van der Waals surface area contributed by atoms with Crippen LogP contribution in [-0.4, -0.2) is 11.7 Å².